The number of halogens is 1. The van der Waals surface area contributed by atoms with Crippen molar-refractivity contribution in [3.05, 3.63) is 69.3 Å². The predicted octanol–water partition coefficient (Wildman–Crippen LogP) is 5.69. The molecule has 2 heteroatoms. The molecule has 20 heavy (non-hydrogen) atoms. The molecule has 0 amide bonds. The molecule has 4 rings (SSSR count). The molecule has 0 saturated heterocycles. The summed E-state index contributed by atoms with van der Waals surface area (Å²) in [7, 11) is 0. The van der Waals surface area contributed by atoms with Gasteiger partial charge in [0.05, 0.1) is 0 Å². The van der Waals surface area contributed by atoms with E-state index in [-0.39, 0.29) is 0 Å². The lowest BCUT2D eigenvalue weighted by atomic mass is 10.1. The smallest absolute Gasteiger partial charge is 0.0220 e. The molecule has 0 unspecified atom stereocenters. The molecule has 0 aromatic heterocycles. The Morgan fingerprint density at radius 2 is 1.45 bits per heavy atom. The van der Waals surface area contributed by atoms with Crippen molar-refractivity contribution in [2.75, 3.05) is 0 Å². The Hall–Kier alpha value is -1.00. The van der Waals surface area contributed by atoms with E-state index >= 15 is 0 Å². The van der Waals surface area contributed by atoms with E-state index in [0.717, 1.165) is 0 Å². The second-order valence-electron chi connectivity index (χ2n) is 5.09. The van der Waals surface area contributed by atoms with E-state index in [2.05, 4.69) is 77.2 Å². The lowest BCUT2D eigenvalue weighted by molar-refractivity contribution is 1.02. The Balaban J connectivity index is 1.93. The summed E-state index contributed by atoms with van der Waals surface area (Å²) >= 11 is 4.35. The van der Waals surface area contributed by atoms with E-state index in [1.54, 1.807) is 0 Å². The average Bonchev–Trinajstić information content (AvgIpc) is 2.89. The van der Waals surface area contributed by atoms with Crippen LogP contribution < -0.4 is 0 Å². The van der Waals surface area contributed by atoms with Crippen LogP contribution in [0.5, 0.6) is 0 Å². The first-order valence-corrected chi connectivity index (χ1v) is 8.68. The first-order valence-electron chi connectivity index (χ1n) is 6.79. The zero-order chi connectivity index (χ0) is 13.5. The fourth-order valence-corrected chi connectivity index (χ4v) is 4.88. The van der Waals surface area contributed by atoms with Gasteiger partial charge in [0.1, 0.15) is 0 Å². The van der Waals surface area contributed by atoms with Crippen molar-refractivity contribution in [3.8, 4) is 0 Å². The van der Waals surface area contributed by atoms with Gasteiger partial charge in [0, 0.05) is 18.7 Å². The fourth-order valence-electron chi connectivity index (χ4n) is 2.96. The van der Waals surface area contributed by atoms with E-state index in [1.807, 2.05) is 11.8 Å². The lowest BCUT2D eigenvalue weighted by Gasteiger charge is -2.10. The van der Waals surface area contributed by atoms with Gasteiger partial charge in [-0.15, -0.1) is 0 Å². The summed E-state index contributed by atoms with van der Waals surface area (Å²) in [6.45, 7) is 0. The van der Waals surface area contributed by atoms with Crippen LogP contribution in [-0.2, 0) is 12.8 Å². The number of hydrogen-bond donors (Lipinski definition) is 0. The van der Waals surface area contributed by atoms with Crippen molar-refractivity contribution >= 4 is 45.1 Å². The van der Waals surface area contributed by atoms with Gasteiger partial charge in [-0.1, -0.05) is 42.1 Å². The van der Waals surface area contributed by atoms with Crippen LogP contribution in [0.4, 0.5) is 0 Å². The molecule has 0 saturated carbocycles. The molecule has 0 spiro atoms. The maximum absolute atomic E-state index is 2.47. The van der Waals surface area contributed by atoms with Crippen molar-refractivity contribution in [2.45, 2.75) is 22.6 Å². The number of rotatable bonds is 2. The first kappa shape index (κ1) is 12.7. The molecule has 3 aromatic carbocycles. The fraction of sp³-hybridized carbons (Fsp3) is 0.111. The Morgan fingerprint density at radius 3 is 2.20 bits per heavy atom. The normalized spacial score (nSPS) is 13.1. The summed E-state index contributed by atoms with van der Waals surface area (Å²) in [6, 6.07) is 19.8. The zero-order valence-corrected chi connectivity index (χ0v) is 13.9. The van der Waals surface area contributed by atoms with Gasteiger partial charge in [-0.05, 0) is 76.2 Å². The molecule has 0 bridgehead atoms. The predicted molar refractivity (Wildman–Crippen MR) is 94.6 cm³/mol. The Bertz CT molecular complexity index is 783. The second-order valence-corrected chi connectivity index (χ2v) is 7.37. The van der Waals surface area contributed by atoms with Gasteiger partial charge < -0.3 is 0 Å². The van der Waals surface area contributed by atoms with E-state index < -0.39 is 0 Å². The van der Waals surface area contributed by atoms with E-state index in [4.69, 9.17) is 0 Å². The first-order chi connectivity index (χ1) is 9.83. The Morgan fingerprint density at radius 1 is 0.750 bits per heavy atom. The van der Waals surface area contributed by atoms with Crippen LogP contribution in [0.3, 0.4) is 0 Å². The quantitative estimate of drug-likeness (QED) is 0.508. The molecule has 1 aliphatic carbocycles. The Kier molecular flexibility index (Phi) is 3.23. The van der Waals surface area contributed by atoms with Crippen LogP contribution in [0, 0.1) is 3.57 Å². The van der Waals surface area contributed by atoms with Gasteiger partial charge in [-0.25, -0.2) is 0 Å². The molecule has 0 aliphatic heterocycles. The summed E-state index contributed by atoms with van der Waals surface area (Å²) in [5.74, 6) is 0. The molecule has 1 aliphatic rings. The highest BCUT2D eigenvalue weighted by molar-refractivity contribution is 14.1. The molecule has 0 heterocycles. The third-order valence-electron chi connectivity index (χ3n) is 3.88. The van der Waals surface area contributed by atoms with Crippen LogP contribution >= 0.6 is 34.4 Å². The lowest BCUT2D eigenvalue weighted by Crippen LogP contribution is -1.86. The van der Waals surface area contributed by atoms with Crippen molar-refractivity contribution in [1.82, 2.24) is 0 Å². The van der Waals surface area contributed by atoms with Crippen LogP contribution in [0.2, 0.25) is 0 Å². The van der Waals surface area contributed by atoms with Crippen molar-refractivity contribution < 1.29 is 0 Å². The zero-order valence-electron chi connectivity index (χ0n) is 10.9. The summed E-state index contributed by atoms with van der Waals surface area (Å²) < 4.78 is 1.36. The maximum Gasteiger partial charge on any atom is 0.0220 e. The number of hydrogen-bond acceptors (Lipinski definition) is 1. The third kappa shape index (κ3) is 2.06. The molecule has 98 valence electrons. The highest BCUT2D eigenvalue weighted by Crippen LogP contribution is 2.41. The van der Waals surface area contributed by atoms with Crippen molar-refractivity contribution in [1.29, 1.82) is 0 Å². The number of aryl methyl sites for hydroxylation is 2. The highest BCUT2D eigenvalue weighted by Gasteiger charge is 2.18. The maximum atomic E-state index is 2.47. The van der Waals surface area contributed by atoms with Gasteiger partial charge in [-0.3, -0.25) is 0 Å². The minimum atomic E-state index is 1.20. The van der Waals surface area contributed by atoms with Gasteiger partial charge in [0.15, 0.2) is 0 Å². The van der Waals surface area contributed by atoms with Crippen molar-refractivity contribution in [2.24, 2.45) is 0 Å². The third-order valence-corrected chi connectivity index (χ3v) is 5.85. The van der Waals surface area contributed by atoms with Crippen LogP contribution in [-0.4, -0.2) is 0 Å². The summed E-state index contributed by atoms with van der Waals surface area (Å²) in [6.07, 6.45) is 2.39. The minimum absolute atomic E-state index is 1.20. The standard InChI is InChI=1S/C18H13IS/c19-15-10-8-12-6-7-13-9-11-16(18(15)17(12)13)20-14-4-2-1-3-5-14/h1-5,8-11H,6-7H2. The van der Waals surface area contributed by atoms with E-state index in [9.17, 15) is 0 Å². The van der Waals surface area contributed by atoms with Crippen LogP contribution in [0.25, 0.3) is 10.8 Å². The molecule has 0 fully saturated rings. The van der Waals surface area contributed by atoms with Crippen LogP contribution in [0.1, 0.15) is 11.1 Å². The molecule has 3 aromatic rings. The topological polar surface area (TPSA) is 0 Å². The average molecular weight is 388 g/mol. The van der Waals surface area contributed by atoms with Gasteiger partial charge in [0.2, 0.25) is 0 Å². The largest absolute Gasteiger partial charge is 0.0894 e. The van der Waals surface area contributed by atoms with E-state index in [1.165, 1.54) is 48.1 Å². The van der Waals surface area contributed by atoms with Crippen molar-refractivity contribution in [3.63, 3.8) is 0 Å². The second kappa shape index (κ2) is 5.08. The van der Waals surface area contributed by atoms with Gasteiger partial charge in [-0.2, -0.15) is 0 Å². The van der Waals surface area contributed by atoms with Gasteiger partial charge >= 0.3 is 0 Å². The number of benzene rings is 3. The SMILES string of the molecule is Ic1ccc2c3c(ccc(Sc4ccccc4)c13)CC2. The molecular weight excluding hydrogens is 375 g/mol. The highest BCUT2D eigenvalue weighted by atomic mass is 127. The van der Waals surface area contributed by atoms with Gasteiger partial charge in [0.25, 0.3) is 0 Å². The summed E-state index contributed by atoms with van der Waals surface area (Å²) in [5, 5.41) is 2.96. The molecule has 0 radical (unpaired) electrons. The summed E-state index contributed by atoms with van der Waals surface area (Å²) in [4.78, 5) is 2.69. The molecule has 0 N–H and O–H groups in total. The minimum Gasteiger partial charge on any atom is -0.0894 e. The summed E-state index contributed by atoms with van der Waals surface area (Å²) in [5.41, 5.74) is 3.04. The monoisotopic (exact) mass is 388 g/mol. The Labute approximate surface area is 136 Å². The molecular formula is C18H13IS. The molecule has 0 nitrogen and oxygen atoms in total. The van der Waals surface area contributed by atoms with E-state index in [0.29, 0.717) is 0 Å². The molecule has 0 atom stereocenters. The van der Waals surface area contributed by atoms with Crippen LogP contribution in [0.15, 0.2) is 64.4 Å².